The highest BCUT2D eigenvalue weighted by atomic mass is 16.7. The van der Waals surface area contributed by atoms with Gasteiger partial charge in [0, 0.05) is 20.6 Å². The highest BCUT2D eigenvalue weighted by Gasteiger charge is 2.46. The molecule has 0 spiro atoms. The Hall–Kier alpha value is -0.900. The number of benzene rings is 1. The average molecular weight is 194 g/mol. The van der Waals surface area contributed by atoms with Crippen LogP contribution < -0.4 is 0 Å². The lowest BCUT2D eigenvalue weighted by atomic mass is 10.1. The van der Waals surface area contributed by atoms with Crippen LogP contribution in [-0.4, -0.2) is 25.1 Å². The van der Waals surface area contributed by atoms with Crippen molar-refractivity contribution in [2.45, 2.75) is 18.3 Å². The number of aliphatic hydroxyl groups is 1. The Morgan fingerprint density at radius 1 is 1.29 bits per heavy atom. The zero-order valence-corrected chi connectivity index (χ0v) is 8.36. The minimum atomic E-state index is -0.899. The maximum atomic E-state index is 10.0. The summed E-state index contributed by atoms with van der Waals surface area (Å²) in [5, 5.41) is 10.0. The maximum absolute atomic E-state index is 10.0. The molecule has 0 bridgehead atoms. The summed E-state index contributed by atoms with van der Waals surface area (Å²) >= 11 is 0. The van der Waals surface area contributed by atoms with Crippen LogP contribution >= 0.6 is 0 Å². The largest absolute Gasteiger partial charge is 0.383 e. The van der Waals surface area contributed by atoms with Crippen molar-refractivity contribution in [2.75, 3.05) is 14.2 Å². The zero-order chi connectivity index (χ0) is 10.2. The van der Waals surface area contributed by atoms with Crippen molar-refractivity contribution in [3.8, 4) is 0 Å². The van der Waals surface area contributed by atoms with Gasteiger partial charge in [-0.3, -0.25) is 0 Å². The maximum Gasteiger partial charge on any atom is 0.202 e. The SMILES string of the molecule is COC1(OC)Cc2ccccc2C1O. The number of ether oxygens (including phenoxy) is 2. The van der Waals surface area contributed by atoms with Crippen LogP contribution in [0.3, 0.4) is 0 Å². The molecule has 1 aliphatic carbocycles. The number of aliphatic hydroxyl groups excluding tert-OH is 1. The van der Waals surface area contributed by atoms with E-state index in [0.29, 0.717) is 6.42 Å². The third-order valence-electron chi connectivity index (χ3n) is 2.89. The lowest BCUT2D eigenvalue weighted by Crippen LogP contribution is -2.38. The second kappa shape index (κ2) is 3.35. The summed E-state index contributed by atoms with van der Waals surface area (Å²) in [7, 11) is 3.11. The average Bonchev–Trinajstić information content (AvgIpc) is 2.53. The van der Waals surface area contributed by atoms with Crippen molar-refractivity contribution < 1.29 is 14.6 Å². The van der Waals surface area contributed by atoms with E-state index in [1.54, 1.807) is 14.2 Å². The molecule has 1 unspecified atom stereocenters. The van der Waals surface area contributed by atoms with E-state index < -0.39 is 11.9 Å². The van der Waals surface area contributed by atoms with Crippen molar-refractivity contribution in [3.05, 3.63) is 35.4 Å². The number of hydrogen-bond acceptors (Lipinski definition) is 3. The van der Waals surface area contributed by atoms with Crippen LogP contribution in [0.1, 0.15) is 17.2 Å². The van der Waals surface area contributed by atoms with Gasteiger partial charge in [0.15, 0.2) is 0 Å². The van der Waals surface area contributed by atoms with Crippen molar-refractivity contribution in [1.82, 2.24) is 0 Å². The molecule has 0 radical (unpaired) electrons. The predicted octanol–water partition coefficient (Wildman–Crippen LogP) is 1.27. The summed E-state index contributed by atoms with van der Waals surface area (Å²) in [5.41, 5.74) is 1.99. The molecule has 2 rings (SSSR count). The first kappa shape index (κ1) is 9.65. The smallest absolute Gasteiger partial charge is 0.202 e. The fourth-order valence-corrected chi connectivity index (χ4v) is 2.01. The summed E-state index contributed by atoms with van der Waals surface area (Å²) in [6.45, 7) is 0. The van der Waals surface area contributed by atoms with Crippen molar-refractivity contribution in [3.63, 3.8) is 0 Å². The van der Waals surface area contributed by atoms with Crippen LogP contribution in [-0.2, 0) is 15.9 Å². The minimum Gasteiger partial charge on any atom is -0.383 e. The molecule has 3 nitrogen and oxygen atoms in total. The number of hydrogen-bond donors (Lipinski definition) is 1. The molecule has 3 heteroatoms. The highest BCUT2D eigenvalue weighted by Crippen LogP contribution is 2.41. The molecule has 1 N–H and O–H groups in total. The molecule has 0 saturated carbocycles. The number of rotatable bonds is 2. The van der Waals surface area contributed by atoms with E-state index in [4.69, 9.17) is 9.47 Å². The Kier molecular flexibility index (Phi) is 2.31. The minimum absolute atomic E-state index is 0.595. The molecule has 0 aliphatic heterocycles. The molecular formula is C11H14O3. The second-order valence-corrected chi connectivity index (χ2v) is 3.50. The summed E-state index contributed by atoms with van der Waals surface area (Å²) in [5.74, 6) is -0.899. The van der Waals surface area contributed by atoms with Crippen LogP contribution in [0.4, 0.5) is 0 Å². The van der Waals surface area contributed by atoms with Gasteiger partial charge in [-0.15, -0.1) is 0 Å². The van der Waals surface area contributed by atoms with Crippen LogP contribution in [0.5, 0.6) is 0 Å². The van der Waals surface area contributed by atoms with Gasteiger partial charge in [0.1, 0.15) is 6.10 Å². The van der Waals surface area contributed by atoms with Crippen LogP contribution in [0.2, 0.25) is 0 Å². The van der Waals surface area contributed by atoms with Gasteiger partial charge < -0.3 is 14.6 Å². The van der Waals surface area contributed by atoms with Gasteiger partial charge in [-0.25, -0.2) is 0 Å². The molecule has 76 valence electrons. The van der Waals surface area contributed by atoms with E-state index in [-0.39, 0.29) is 0 Å². The molecule has 0 saturated heterocycles. The van der Waals surface area contributed by atoms with Gasteiger partial charge in [-0.05, 0) is 11.1 Å². The van der Waals surface area contributed by atoms with Crippen LogP contribution in [0.25, 0.3) is 0 Å². The Morgan fingerprint density at radius 3 is 2.50 bits per heavy atom. The fraction of sp³-hybridized carbons (Fsp3) is 0.455. The molecule has 1 atom stereocenters. The molecule has 0 heterocycles. The normalized spacial score (nSPS) is 23.5. The summed E-state index contributed by atoms with van der Waals surface area (Å²) in [4.78, 5) is 0. The molecule has 1 aliphatic rings. The van der Waals surface area contributed by atoms with E-state index in [1.807, 2.05) is 24.3 Å². The summed E-state index contributed by atoms with van der Waals surface area (Å²) in [6.07, 6.45) is -0.106. The lowest BCUT2D eigenvalue weighted by Gasteiger charge is -2.29. The van der Waals surface area contributed by atoms with Gasteiger partial charge in [-0.1, -0.05) is 24.3 Å². The van der Waals surface area contributed by atoms with E-state index in [9.17, 15) is 5.11 Å². The first-order chi connectivity index (χ1) is 6.73. The zero-order valence-electron chi connectivity index (χ0n) is 8.36. The quantitative estimate of drug-likeness (QED) is 0.720. The predicted molar refractivity (Wildman–Crippen MR) is 51.9 cm³/mol. The topological polar surface area (TPSA) is 38.7 Å². The Morgan fingerprint density at radius 2 is 1.93 bits per heavy atom. The third-order valence-corrected chi connectivity index (χ3v) is 2.89. The van der Waals surface area contributed by atoms with Crippen LogP contribution in [0, 0.1) is 0 Å². The molecule has 1 aromatic carbocycles. The summed E-state index contributed by atoms with van der Waals surface area (Å²) < 4.78 is 10.5. The third kappa shape index (κ3) is 1.17. The van der Waals surface area contributed by atoms with Gasteiger partial charge >= 0.3 is 0 Å². The van der Waals surface area contributed by atoms with E-state index in [2.05, 4.69) is 0 Å². The molecule has 14 heavy (non-hydrogen) atoms. The van der Waals surface area contributed by atoms with Crippen molar-refractivity contribution >= 4 is 0 Å². The Bertz CT molecular complexity index is 331. The highest BCUT2D eigenvalue weighted by molar-refractivity contribution is 5.36. The van der Waals surface area contributed by atoms with Crippen LogP contribution in [0.15, 0.2) is 24.3 Å². The van der Waals surface area contributed by atoms with Crippen molar-refractivity contribution in [2.24, 2.45) is 0 Å². The Balaban J connectivity index is 2.42. The second-order valence-electron chi connectivity index (χ2n) is 3.50. The molecule has 0 aromatic heterocycles. The van der Waals surface area contributed by atoms with E-state index in [1.165, 1.54) is 0 Å². The van der Waals surface area contributed by atoms with Crippen molar-refractivity contribution in [1.29, 1.82) is 0 Å². The molecule has 1 aromatic rings. The van der Waals surface area contributed by atoms with E-state index in [0.717, 1.165) is 11.1 Å². The summed E-state index contributed by atoms with van der Waals surface area (Å²) in [6, 6.07) is 7.74. The standard InChI is InChI=1S/C11H14O3/c1-13-11(14-2)7-8-5-3-4-6-9(8)10(11)12/h3-6,10,12H,7H2,1-2H3. The van der Waals surface area contributed by atoms with Gasteiger partial charge in [0.2, 0.25) is 5.79 Å². The van der Waals surface area contributed by atoms with E-state index >= 15 is 0 Å². The number of fused-ring (bicyclic) bond motifs is 1. The first-order valence-corrected chi connectivity index (χ1v) is 4.59. The van der Waals surface area contributed by atoms with Gasteiger partial charge in [-0.2, -0.15) is 0 Å². The number of methoxy groups -OCH3 is 2. The fourth-order valence-electron chi connectivity index (χ4n) is 2.01. The Labute approximate surface area is 83.3 Å². The molecule has 0 fully saturated rings. The van der Waals surface area contributed by atoms with Gasteiger partial charge in [0.25, 0.3) is 0 Å². The lowest BCUT2D eigenvalue weighted by molar-refractivity contribution is -0.252. The molecular weight excluding hydrogens is 180 g/mol. The molecule has 0 amide bonds. The van der Waals surface area contributed by atoms with Gasteiger partial charge in [0.05, 0.1) is 0 Å². The monoisotopic (exact) mass is 194 g/mol. The first-order valence-electron chi connectivity index (χ1n) is 4.59.